The topological polar surface area (TPSA) is 0 Å². The monoisotopic (exact) mass is 384 g/mol. The van der Waals surface area contributed by atoms with Crippen molar-refractivity contribution >= 4 is 0 Å². The van der Waals surface area contributed by atoms with E-state index in [9.17, 15) is 0 Å². The standard InChI is InChI=1S/2C5H5.4CH3.CH2.2Zr/c2*1-2-4-5-3-1;;;;;;;/h2*1-3H,4H2;4*1H3;1H2;;. The third kappa shape index (κ3) is 3.39. The van der Waals surface area contributed by atoms with Crippen LogP contribution in [0.25, 0.3) is 0 Å². The van der Waals surface area contributed by atoms with Gasteiger partial charge < -0.3 is 0 Å². The van der Waals surface area contributed by atoms with Crippen molar-refractivity contribution in [1.82, 2.24) is 0 Å². The molecule has 0 spiro atoms. The molecule has 0 radical (unpaired) electrons. The van der Waals surface area contributed by atoms with Crippen LogP contribution in [0.2, 0.25) is 20.4 Å². The average Bonchev–Trinajstić information content (AvgIpc) is 2.91. The van der Waals surface area contributed by atoms with E-state index in [4.69, 9.17) is 0 Å². The molecule has 0 bridgehead atoms. The Kier molecular flexibility index (Phi) is 4.48. The Morgan fingerprint density at radius 1 is 0.824 bits per heavy atom. The van der Waals surface area contributed by atoms with Gasteiger partial charge in [-0.25, -0.2) is 0 Å². The molecule has 2 aliphatic carbocycles. The second-order valence-electron chi connectivity index (χ2n) is 6.59. The summed E-state index contributed by atoms with van der Waals surface area (Å²) in [6.45, 7) is 0. The molecule has 0 nitrogen and oxygen atoms in total. The van der Waals surface area contributed by atoms with Gasteiger partial charge in [0.2, 0.25) is 0 Å². The summed E-state index contributed by atoms with van der Waals surface area (Å²) in [5.74, 6) is 0. The molecule has 0 amide bonds. The third-order valence-electron chi connectivity index (χ3n) is 4.16. The fourth-order valence-electron chi connectivity index (χ4n) is 3.23. The molecule has 0 aromatic carbocycles. The van der Waals surface area contributed by atoms with Crippen LogP contribution in [0.5, 0.6) is 0 Å². The van der Waals surface area contributed by atoms with Gasteiger partial charge in [-0.3, -0.25) is 0 Å². The second-order valence-corrected chi connectivity index (χ2v) is 34.3. The molecule has 0 unspecified atom stereocenters. The quantitative estimate of drug-likeness (QED) is 0.594. The van der Waals surface area contributed by atoms with Crippen molar-refractivity contribution < 1.29 is 40.5 Å². The van der Waals surface area contributed by atoms with Crippen molar-refractivity contribution in [1.29, 1.82) is 0 Å². The molecular formula is C15H24Zr2. The Hall–Kier alpha value is 0.726. The van der Waals surface area contributed by atoms with Crippen LogP contribution in [0.1, 0.15) is 12.8 Å². The van der Waals surface area contributed by atoms with Crippen molar-refractivity contribution in [2.45, 2.75) is 33.2 Å². The first-order chi connectivity index (χ1) is 7.92. The SMILES string of the molecule is [CH3][Zr]([CH3])([CH2][Zr]([CH3])([CH3])[C]1=CC=CC1)[C]1=CC=CC1. The number of hydrogen-bond donors (Lipinski definition) is 0. The number of rotatable bonds is 4. The van der Waals surface area contributed by atoms with E-state index in [1.165, 1.54) is 12.8 Å². The van der Waals surface area contributed by atoms with Crippen LogP contribution in [0.4, 0.5) is 0 Å². The van der Waals surface area contributed by atoms with Crippen LogP contribution in [-0.2, 0) is 40.5 Å². The van der Waals surface area contributed by atoms with E-state index < -0.39 is 40.5 Å². The molecule has 0 aromatic heterocycles. The van der Waals surface area contributed by atoms with E-state index >= 15 is 0 Å². The van der Waals surface area contributed by atoms with Gasteiger partial charge in [-0.1, -0.05) is 0 Å². The second kappa shape index (κ2) is 5.38. The summed E-state index contributed by atoms with van der Waals surface area (Å²) in [5, 5.41) is 0. The molecule has 0 fully saturated rings. The zero-order valence-electron chi connectivity index (χ0n) is 11.6. The van der Waals surface area contributed by atoms with Gasteiger partial charge in [0.25, 0.3) is 0 Å². The summed E-state index contributed by atoms with van der Waals surface area (Å²) in [5.41, 5.74) is 0. The van der Waals surface area contributed by atoms with E-state index in [1.54, 1.807) is 1.84 Å². The van der Waals surface area contributed by atoms with Gasteiger partial charge in [0.05, 0.1) is 0 Å². The predicted molar refractivity (Wildman–Crippen MR) is 71.9 cm³/mol. The van der Waals surface area contributed by atoms with Gasteiger partial charge in [0.15, 0.2) is 0 Å². The fraction of sp³-hybridized carbons (Fsp3) is 0.467. The van der Waals surface area contributed by atoms with Crippen molar-refractivity contribution in [3.8, 4) is 0 Å². The molecule has 2 aliphatic rings. The van der Waals surface area contributed by atoms with Gasteiger partial charge in [0, 0.05) is 0 Å². The molecular weight excluding hydrogens is 363 g/mol. The molecule has 0 saturated heterocycles. The predicted octanol–water partition coefficient (Wildman–Crippen LogP) is 5.55. The fourth-order valence-corrected chi connectivity index (χ4v) is 54.5. The van der Waals surface area contributed by atoms with Crippen molar-refractivity contribution in [3.63, 3.8) is 0 Å². The molecule has 2 heteroatoms. The van der Waals surface area contributed by atoms with Gasteiger partial charge in [-0.15, -0.1) is 0 Å². The molecule has 0 N–H and O–H groups in total. The number of hydrogen-bond acceptors (Lipinski definition) is 0. The van der Waals surface area contributed by atoms with Gasteiger partial charge in [-0.05, 0) is 0 Å². The van der Waals surface area contributed by atoms with Crippen molar-refractivity contribution in [2.24, 2.45) is 0 Å². The minimum absolute atomic E-state index is 1.27. The molecule has 0 aromatic rings. The Bertz CT molecular complexity index is 380. The average molecular weight is 387 g/mol. The Morgan fingerprint density at radius 2 is 1.24 bits per heavy atom. The van der Waals surface area contributed by atoms with Crippen LogP contribution in [-0.4, -0.2) is 0 Å². The third-order valence-corrected chi connectivity index (χ3v) is 44.6. The van der Waals surface area contributed by atoms with Crippen LogP contribution < -0.4 is 0 Å². The van der Waals surface area contributed by atoms with Crippen LogP contribution in [0.15, 0.2) is 43.0 Å². The maximum absolute atomic E-state index is 2.65. The van der Waals surface area contributed by atoms with Gasteiger partial charge >= 0.3 is 117 Å². The van der Waals surface area contributed by atoms with E-state index in [-0.39, 0.29) is 0 Å². The molecule has 0 atom stereocenters. The van der Waals surface area contributed by atoms with Crippen molar-refractivity contribution in [2.75, 3.05) is 0 Å². The number of allylic oxidation sites excluding steroid dienone is 8. The summed E-state index contributed by atoms with van der Waals surface area (Å²) in [6, 6.07) is 0. The van der Waals surface area contributed by atoms with E-state index in [0.717, 1.165) is 0 Å². The Morgan fingerprint density at radius 3 is 1.53 bits per heavy atom. The zero-order chi connectivity index (χ0) is 12.5. The molecule has 0 heterocycles. The van der Waals surface area contributed by atoms with Gasteiger partial charge in [0.1, 0.15) is 0 Å². The summed E-state index contributed by atoms with van der Waals surface area (Å²) >= 11 is -3.88. The molecule has 17 heavy (non-hydrogen) atoms. The Balaban J connectivity index is 2.09. The summed E-state index contributed by atoms with van der Waals surface area (Å²) in [4.78, 5) is 0. The van der Waals surface area contributed by atoms with E-state index in [0.29, 0.717) is 0 Å². The molecule has 2 rings (SSSR count). The van der Waals surface area contributed by atoms with E-state index in [1.807, 2.05) is 6.56 Å². The first kappa shape index (κ1) is 14.1. The first-order valence-electron chi connectivity index (χ1n) is 6.64. The summed E-state index contributed by atoms with van der Waals surface area (Å²) in [6.07, 6.45) is 16.6. The van der Waals surface area contributed by atoms with Crippen LogP contribution >= 0.6 is 0 Å². The molecule has 0 saturated carbocycles. The normalized spacial score (nSPS) is 19.8. The van der Waals surface area contributed by atoms with E-state index in [2.05, 4.69) is 55.0 Å². The molecule has 0 aliphatic heterocycles. The summed E-state index contributed by atoms with van der Waals surface area (Å²) in [7, 11) is 0. The van der Waals surface area contributed by atoms with Crippen molar-refractivity contribution in [3.05, 3.63) is 43.0 Å². The summed E-state index contributed by atoms with van der Waals surface area (Å²) < 4.78 is 15.9. The maximum atomic E-state index is 2.65. The van der Waals surface area contributed by atoms with Crippen LogP contribution in [0, 0.1) is 0 Å². The Labute approximate surface area is 115 Å². The molecule has 92 valence electrons. The first-order valence-corrected chi connectivity index (χ1v) is 22.4. The van der Waals surface area contributed by atoms with Gasteiger partial charge in [-0.2, -0.15) is 0 Å². The van der Waals surface area contributed by atoms with Crippen LogP contribution in [0.3, 0.4) is 0 Å². The minimum atomic E-state index is -1.94. The zero-order valence-corrected chi connectivity index (χ0v) is 16.5.